The molecule has 0 aliphatic carbocycles. The van der Waals surface area contributed by atoms with Gasteiger partial charge in [-0.25, -0.2) is 4.52 Å². The van der Waals surface area contributed by atoms with E-state index in [0.717, 1.165) is 23.4 Å². The molecule has 0 aliphatic rings. The van der Waals surface area contributed by atoms with Crippen molar-refractivity contribution in [1.29, 1.82) is 0 Å². The van der Waals surface area contributed by atoms with Crippen LogP contribution in [0.4, 0.5) is 11.6 Å². The Labute approximate surface area is 81.9 Å². The lowest BCUT2D eigenvalue weighted by molar-refractivity contribution is 0.962. The van der Waals surface area contributed by atoms with Crippen LogP contribution in [-0.2, 0) is 0 Å². The summed E-state index contributed by atoms with van der Waals surface area (Å²) in [6.45, 7) is 4.97. The molecule has 0 aliphatic heterocycles. The minimum atomic E-state index is 0.304. The van der Waals surface area contributed by atoms with Gasteiger partial charge in [0, 0.05) is 6.54 Å². The zero-order valence-electron chi connectivity index (χ0n) is 8.28. The molecule has 74 valence electrons. The van der Waals surface area contributed by atoms with Crippen molar-refractivity contribution in [2.24, 2.45) is 0 Å². The maximum Gasteiger partial charge on any atom is 0.240 e. The number of pyridine rings is 1. The van der Waals surface area contributed by atoms with Gasteiger partial charge in [-0.15, -0.1) is 5.10 Å². The first-order valence-electron chi connectivity index (χ1n) is 4.57. The van der Waals surface area contributed by atoms with Crippen LogP contribution in [0.2, 0.25) is 0 Å². The lowest BCUT2D eigenvalue weighted by Crippen LogP contribution is -2.01. The van der Waals surface area contributed by atoms with Crippen molar-refractivity contribution in [3.63, 3.8) is 0 Å². The van der Waals surface area contributed by atoms with Gasteiger partial charge in [0.1, 0.15) is 0 Å². The normalized spacial score (nSPS) is 10.7. The van der Waals surface area contributed by atoms with Gasteiger partial charge in [0.25, 0.3) is 0 Å². The molecule has 0 atom stereocenters. The second-order valence-electron chi connectivity index (χ2n) is 3.17. The number of nitrogen functional groups attached to an aromatic ring is 1. The Balaban J connectivity index is 2.58. The number of aromatic nitrogens is 3. The summed E-state index contributed by atoms with van der Waals surface area (Å²) < 4.78 is 1.68. The van der Waals surface area contributed by atoms with Gasteiger partial charge < -0.3 is 11.1 Å². The van der Waals surface area contributed by atoms with Crippen molar-refractivity contribution in [2.45, 2.75) is 13.8 Å². The quantitative estimate of drug-likeness (QED) is 0.744. The molecule has 5 nitrogen and oxygen atoms in total. The van der Waals surface area contributed by atoms with Gasteiger partial charge in [-0.3, -0.25) is 0 Å². The van der Waals surface area contributed by atoms with Gasteiger partial charge in [0.05, 0.1) is 11.9 Å². The molecule has 14 heavy (non-hydrogen) atoms. The molecule has 0 fully saturated rings. The average molecular weight is 191 g/mol. The average Bonchev–Trinajstić information content (AvgIpc) is 2.45. The van der Waals surface area contributed by atoms with E-state index in [2.05, 4.69) is 22.3 Å². The van der Waals surface area contributed by atoms with Crippen LogP contribution in [0.25, 0.3) is 5.65 Å². The zero-order chi connectivity index (χ0) is 10.1. The topological polar surface area (TPSA) is 68.2 Å². The summed E-state index contributed by atoms with van der Waals surface area (Å²) in [6, 6.07) is 1.96. The molecule has 0 saturated heterocycles. The number of fused-ring (bicyclic) bond motifs is 1. The standard InChI is InChI=1S/C9H13N5/c1-3-11-7-5-14-8(4-6(7)2)12-9(10)13-14/h4-5,11H,3H2,1-2H3,(H2,10,13). The zero-order valence-corrected chi connectivity index (χ0v) is 8.28. The first-order chi connectivity index (χ1) is 6.70. The Morgan fingerprint density at radius 3 is 3.07 bits per heavy atom. The highest BCUT2D eigenvalue weighted by Crippen LogP contribution is 2.16. The molecule has 2 aromatic heterocycles. The van der Waals surface area contributed by atoms with Gasteiger partial charge in [-0.1, -0.05) is 0 Å². The van der Waals surface area contributed by atoms with E-state index in [0.29, 0.717) is 5.95 Å². The van der Waals surface area contributed by atoms with Gasteiger partial charge in [-0.2, -0.15) is 4.98 Å². The van der Waals surface area contributed by atoms with Crippen molar-refractivity contribution in [1.82, 2.24) is 14.6 Å². The highest BCUT2D eigenvalue weighted by atomic mass is 15.3. The van der Waals surface area contributed by atoms with Crippen LogP contribution in [0.5, 0.6) is 0 Å². The summed E-state index contributed by atoms with van der Waals surface area (Å²) >= 11 is 0. The Hall–Kier alpha value is -1.78. The van der Waals surface area contributed by atoms with Crippen molar-refractivity contribution in [3.05, 3.63) is 17.8 Å². The van der Waals surface area contributed by atoms with E-state index in [9.17, 15) is 0 Å². The first-order valence-corrected chi connectivity index (χ1v) is 4.57. The van der Waals surface area contributed by atoms with Gasteiger partial charge in [-0.05, 0) is 25.5 Å². The molecule has 5 heteroatoms. The third kappa shape index (κ3) is 1.37. The lowest BCUT2D eigenvalue weighted by Gasteiger charge is -2.06. The van der Waals surface area contributed by atoms with E-state index in [1.165, 1.54) is 0 Å². The number of anilines is 2. The van der Waals surface area contributed by atoms with Gasteiger partial charge in [0.15, 0.2) is 5.65 Å². The summed E-state index contributed by atoms with van der Waals surface area (Å²) in [5.41, 5.74) is 8.49. The van der Waals surface area contributed by atoms with Crippen molar-refractivity contribution in [3.8, 4) is 0 Å². The van der Waals surface area contributed by atoms with Crippen LogP contribution < -0.4 is 11.1 Å². The van der Waals surface area contributed by atoms with Crippen molar-refractivity contribution >= 4 is 17.3 Å². The predicted octanol–water partition coefficient (Wildman–Crippen LogP) is 1.05. The van der Waals surface area contributed by atoms with Crippen LogP contribution in [0.15, 0.2) is 12.3 Å². The summed E-state index contributed by atoms with van der Waals surface area (Å²) in [4.78, 5) is 4.08. The molecule has 0 aromatic carbocycles. The molecule has 3 N–H and O–H groups in total. The highest BCUT2D eigenvalue weighted by molar-refractivity contribution is 5.56. The third-order valence-corrected chi connectivity index (χ3v) is 2.06. The fraction of sp³-hybridized carbons (Fsp3) is 0.333. The molecule has 0 spiro atoms. The minimum absolute atomic E-state index is 0.304. The van der Waals surface area contributed by atoms with Crippen LogP contribution >= 0.6 is 0 Å². The Kier molecular flexibility index (Phi) is 1.99. The van der Waals surface area contributed by atoms with Crippen LogP contribution in [0, 0.1) is 6.92 Å². The maximum atomic E-state index is 5.50. The Bertz CT molecular complexity index is 459. The second kappa shape index (κ2) is 3.17. The molecular weight excluding hydrogens is 178 g/mol. The molecule has 0 bridgehead atoms. The maximum absolute atomic E-state index is 5.50. The summed E-state index contributed by atoms with van der Waals surface area (Å²) in [7, 11) is 0. The third-order valence-electron chi connectivity index (χ3n) is 2.06. The van der Waals surface area contributed by atoms with E-state index in [1.54, 1.807) is 4.52 Å². The molecule has 2 rings (SSSR count). The van der Waals surface area contributed by atoms with Crippen molar-refractivity contribution < 1.29 is 0 Å². The molecule has 2 heterocycles. The van der Waals surface area contributed by atoms with E-state index in [-0.39, 0.29) is 0 Å². The number of nitrogens with zero attached hydrogens (tertiary/aromatic N) is 3. The largest absolute Gasteiger partial charge is 0.384 e. The molecular formula is C9H13N5. The predicted molar refractivity (Wildman–Crippen MR) is 56.3 cm³/mol. The number of hydrogen-bond acceptors (Lipinski definition) is 4. The second-order valence-corrected chi connectivity index (χ2v) is 3.17. The molecule has 0 radical (unpaired) electrons. The van der Waals surface area contributed by atoms with E-state index >= 15 is 0 Å². The summed E-state index contributed by atoms with van der Waals surface area (Å²) in [5.74, 6) is 0.304. The van der Waals surface area contributed by atoms with Crippen LogP contribution in [0.1, 0.15) is 12.5 Å². The summed E-state index contributed by atoms with van der Waals surface area (Å²) in [6.07, 6.45) is 1.90. The Morgan fingerprint density at radius 1 is 1.57 bits per heavy atom. The number of nitrogens with one attached hydrogen (secondary N) is 1. The molecule has 0 saturated carbocycles. The number of nitrogens with two attached hydrogens (primary N) is 1. The monoisotopic (exact) mass is 191 g/mol. The number of rotatable bonds is 2. The fourth-order valence-corrected chi connectivity index (χ4v) is 1.42. The SMILES string of the molecule is CCNc1cn2nc(N)nc2cc1C. The Morgan fingerprint density at radius 2 is 2.36 bits per heavy atom. The van der Waals surface area contributed by atoms with Crippen molar-refractivity contribution in [2.75, 3.05) is 17.6 Å². The molecule has 0 amide bonds. The first kappa shape index (κ1) is 8.80. The van der Waals surface area contributed by atoms with E-state index in [1.807, 2.05) is 19.2 Å². The lowest BCUT2D eigenvalue weighted by atomic mass is 10.2. The molecule has 0 unspecified atom stereocenters. The highest BCUT2D eigenvalue weighted by Gasteiger charge is 2.03. The van der Waals surface area contributed by atoms with Gasteiger partial charge >= 0.3 is 0 Å². The summed E-state index contributed by atoms with van der Waals surface area (Å²) in [5, 5.41) is 7.29. The fourth-order valence-electron chi connectivity index (χ4n) is 1.42. The number of hydrogen-bond donors (Lipinski definition) is 2. The van der Waals surface area contributed by atoms with Crippen LogP contribution in [-0.4, -0.2) is 21.1 Å². The van der Waals surface area contributed by atoms with E-state index in [4.69, 9.17) is 5.73 Å². The number of aryl methyl sites for hydroxylation is 1. The van der Waals surface area contributed by atoms with E-state index < -0.39 is 0 Å². The molecule has 2 aromatic rings. The van der Waals surface area contributed by atoms with Gasteiger partial charge in [0.2, 0.25) is 5.95 Å². The minimum Gasteiger partial charge on any atom is -0.384 e. The smallest absolute Gasteiger partial charge is 0.240 e. The van der Waals surface area contributed by atoms with Crippen LogP contribution in [0.3, 0.4) is 0 Å².